The topological polar surface area (TPSA) is 87.6 Å². The van der Waals surface area contributed by atoms with Crippen molar-refractivity contribution in [3.8, 4) is 0 Å². The van der Waals surface area contributed by atoms with Crippen LogP contribution in [0, 0.1) is 6.92 Å². The van der Waals surface area contributed by atoms with Crippen LogP contribution in [0.4, 0.5) is 5.69 Å². The van der Waals surface area contributed by atoms with E-state index in [1.807, 2.05) is 31.2 Å². The fourth-order valence-electron chi connectivity index (χ4n) is 2.47. The van der Waals surface area contributed by atoms with Gasteiger partial charge in [0, 0.05) is 17.7 Å². The van der Waals surface area contributed by atoms with Crippen LogP contribution in [0.5, 0.6) is 0 Å². The molecule has 7 heteroatoms. The summed E-state index contributed by atoms with van der Waals surface area (Å²) in [5, 5.41) is 2.80. The number of hydrogen-bond donors (Lipinski definition) is 2. The van der Waals surface area contributed by atoms with E-state index >= 15 is 0 Å². The van der Waals surface area contributed by atoms with Crippen molar-refractivity contribution in [3.63, 3.8) is 0 Å². The van der Waals surface area contributed by atoms with E-state index in [0.717, 1.165) is 11.3 Å². The van der Waals surface area contributed by atoms with Gasteiger partial charge in [0.15, 0.2) is 0 Å². The van der Waals surface area contributed by atoms with Crippen LogP contribution in [0.25, 0.3) is 0 Å². The van der Waals surface area contributed by atoms with E-state index < -0.39 is 10.0 Å². The van der Waals surface area contributed by atoms with Crippen molar-refractivity contribution in [1.82, 2.24) is 4.72 Å². The Kier molecular flexibility index (Phi) is 4.35. The maximum absolute atomic E-state index is 12.0. The van der Waals surface area contributed by atoms with Gasteiger partial charge in [0.05, 0.1) is 11.4 Å². The number of sulfonamides is 1. The molecule has 124 valence electrons. The number of carbonyl (C=O) groups excluding carboxylic acids is 1. The number of rotatable bonds is 4. The van der Waals surface area contributed by atoms with Gasteiger partial charge in [-0.3, -0.25) is 14.5 Å². The van der Waals surface area contributed by atoms with Gasteiger partial charge in [-0.2, -0.15) is 0 Å². The highest BCUT2D eigenvalue weighted by Crippen LogP contribution is 2.22. The van der Waals surface area contributed by atoms with Gasteiger partial charge in [0.25, 0.3) is 10.0 Å². The molecule has 0 bridgehead atoms. The van der Waals surface area contributed by atoms with E-state index in [9.17, 15) is 13.2 Å². The first kappa shape index (κ1) is 16.2. The predicted molar refractivity (Wildman–Crippen MR) is 92.6 cm³/mol. The number of aliphatic imine (C=N–C) groups is 1. The quantitative estimate of drug-likeness (QED) is 0.891. The lowest BCUT2D eigenvalue weighted by Gasteiger charge is -2.05. The van der Waals surface area contributed by atoms with Crippen LogP contribution < -0.4 is 10.0 Å². The average molecular weight is 343 g/mol. The monoisotopic (exact) mass is 343 g/mol. The molecule has 1 amide bonds. The van der Waals surface area contributed by atoms with Crippen molar-refractivity contribution >= 4 is 27.5 Å². The summed E-state index contributed by atoms with van der Waals surface area (Å²) < 4.78 is 26.3. The minimum atomic E-state index is -3.54. The van der Waals surface area contributed by atoms with E-state index in [1.54, 1.807) is 18.2 Å². The van der Waals surface area contributed by atoms with Gasteiger partial charge in [-0.1, -0.05) is 24.3 Å². The summed E-state index contributed by atoms with van der Waals surface area (Å²) in [6, 6.07) is 14.2. The molecule has 6 nitrogen and oxygen atoms in total. The average Bonchev–Trinajstić information content (AvgIpc) is 2.79. The molecule has 0 saturated heterocycles. The predicted octanol–water partition coefficient (Wildman–Crippen LogP) is 2.06. The maximum Gasteiger partial charge on any atom is 0.263 e. The number of nitrogens with one attached hydrogen (secondary N) is 2. The van der Waals surface area contributed by atoms with Crippen LogP contribution >= 0.6 is 0 Å². The SMILES string of the molecule is Cc1cccc(NC(=O)CCN=C2NS(=O)(=O)c3ccccc32)c1. The fraction of sp³-hybridized carbons (Fsp3) is 0.176. The zero-order valence-electron chi connectivity index (χ0n) is 13.1. The van der Waals surface area contributed by atoms with Gasteiger partial charge < -0.3 is 5.32 Å². The highest BCUT2D eigenvalue weighted by atomic mass is 32.2. The molecule has 0 aliphatic carbocycles. The van der Waals surface area contributed by atoms with Crippen LogP contribution in [-0.4, -0.2) is 26.7 Å². The van der Waals surface area contributed by atoms with Gasteiger partial charge in [0.2, 0.25) is 5.91 Å². The van der Waals surface area contributed by atoms with Gasteiger partial charge in [-0.15, -0.1) is 0 Å². The van der Waals surface area contributed by atoms with Crippen LogP contribution in [0.15, 0.2) is 58.4 Å². The second-order valence-electron chi connectivity index (χ2n) is 5.50. The molecular formula is C17H17N3O3S. The second-order valence-corrected chi connectivity index (χ2v) is 7.15. The van der Waals surface area contributed by atoms with Gasteiger partial charge in [-0.05, 0) is 36.8 Å². The summed E-state index contributed by atoms with van der Waals surface area (Å²) in [5.74, 6) is 0.119. The number of amides is 1. The smallest absolute Gasteiger partial charge is 0.263 e. The summed E-state index contributed by atoms with van der Waals surface area (Å²) in [6.07, 6.45) is 0.168. The molecule has 0 aromatic heterocycles. The Morgan fingerprint density at radius 2 is 1.96 bits per heavy atom. The van der Waals surface area contributed by atoms with E-state index in [-0.39, 0.29) is 29.6 Å². The molecule has 0 spiro atoms. The lowest BCUT2D eigenvalue weighted by Crippen LogP contribution is -2.23. The first-order valence-electron chi connectivity index (χ1n) is 7.49. The molecule has 3 rings (SSSR count). The van der Waals surface area contributed by atoms with E-state index in [0.29, 0.717) is 5.56 Å². The first-order chi connectivity index (χ1) is 11.5. The number of benzene rings is 2. The third kappa shape index (κ3) is 3.46. The van der Waals surface area contributed by atoms with Crippen LogP contribution in [-0.2, 0) is 14.8 Å². The third-order valence-corrected chi connectivity index (χ3v) is 4.97. The van der Waals surface area contributed by atoms with Crippen LogP contribution in [0.2, 0.25) is 0 Å². The molecule has 0 atom stereocenters. The minimum Gasteiger partial charge on any atom is -0.326 e. The van der Waals surface area contributed by atoms with E-state index in [4.69, 9.17) is 0 Å². The Labute approximate surface area is 140 Å². The maximum atomic E-state index is 12.0. The summed E-state index contributed by atoms with van der Waals surface area (Å²) in [4.78, 5) is 16.4. The molecule has 1 heterocycles. The first-order valence-corrected chi connectivity index (χ1v) is 8.97. The zero-order valence-corrected chi connectivity index (χ0v) is 13.9. The number of hydrogen-bond acceptors (Lipinski definition) is 4. The summed E-state index contributed by atoms with van der Waals surface area (Å²) >= 11 is 0. The Morgan fingerprint density at radius 1 is 1.17 bits per heavy atom. The summed E-state index contributed by atoms with van der Waals surface area (Å²) in [7, 11) is -3.54. The Morgan fingerprint density at radius 3 is 2.75 bits per heavy atom. The lowest BCUT2D eigenvalue weighted by molar-refractivity contribution is -0.116. The highest BCUT2D eigenvalue weighted by molar-refractivity contribution is 7.90. The molecule has 0 fully saturated rings. The Balaban J connectivity index is 1.64. The van der Waals surface area contributed by atoms with Gasteiger partial charge in [-0.25, -0.2) is 8.42 Å². The Bertz CT molecular complexity index is 920. The molecule has 24 heavy (non-hydrogen) atoms. The number of anilines is 1. The second kappa shape index (κ2) is 6.45. The number of nitrogens with zero attached hydrogens (tertiary/aromatic N) is 1. The van der Waals surface area contributed by atoms with E-state index in [2.05, 4.69) is 15.0 Å². The molecule has 2 N–H and O–H groups in total. The number of fused-ring (bicyclic) bond motifs is 1. The molecule has 1 aliphatic heterocycles. The van der Waals surface area contributed by atoms with Crippen molar-refractivity contribution in [2.75, 3.05) is 11.9 Å². The van der Waals surface area contributed by atoms with Gasteiger partial charge >= 0.3 is 0 Å². The summed E-state index contributed by atoms with van der Waals surface area (Å²) in [6.45, 7) is 2.15. The molecule has 2 aromatic rings. The normalized spacial score (nSPS) is 16.5. The minimum absolute atomic E-state index is 0.168. The van der Waals surface area contributed by atoms with Crippen molar-refractivity contribution in [3.05, 3.63) is 59.7 Å². The molecular weight excluding hydrogens is 326 g/mol. The molecule has 0 unspecified atom stereocenters. The Hall–Kier alpha value is -2.67. The van der Waals surface area contributed by atoms with Gasteiger partial charge in [0.1, 0.15) is 5.84 Å². The fourth-order valence-corrected chi connectivity index (χ4v) is 3.72. The highest BCUT2D eigenvalue weighted by Gasteiger charge is 2.29. The number of amidine groups is 1. The number of carbonyl (C=O) groups is 1. The molecule has 0 saturated carbocycles. The van der Waals surface area contributed by atoms with Crippen molar-refractivity contribution < 1.29 is 13.2 Å². The van der Waals surface area contributed by atoms with Crippen molar-refractivity contribution in [2.45, 2.75) is 18.2 Å². The van der Waals surface area contributed by atoms with Crippen molar-refractivity contribution in [2.24, 2.45) is 4.99 Å². The number of aryl methyl sites for hydroxylation is 1. The lowest BCUT2D eigenvalue weighted by atomic mass is 10.2. The summed E-state index contributed by atoms with van der Waals surface area (Å²) in [5.41, 5.74) is 2.33. The standard InChI is InChI=1S/C17H17N3O3S/c1-12-5-4-6-13(11-12)19-16(21)9-10-18-17-14-7-2-3-8-15(14)24(22,23)20-17/h2-8,11H,9-10H2,1H3,(H,18,20)(H,19,21). The largest absolute Gasteiger partial charge is 0.326 e. The third-order valence-electron chi connectivity index (χ3n) is 3.57. The molecule has 0 radical (unpaired) electrons. The zero-order chi connectivity index (χ0) is 17.2. The molecule has 1 aliphatic rings. The van der Waals surface area contributed by atoms with Crippen LogP contribution in [0.1, 0.15) is 17.5 Å². The molecule has 2 aromatic carbocycles. The van der Waals surface area contributed by atoms with Crippen LogP contribution in [0.3, 0.4) is 0 Å². The van der Waals surface area contributed by atoms with E-state index in [1.165, 1.54) is 6.07 Å². The van der Waals surface area contributed by atoms with Crippen molar-refractivity contribution in [1.29, 1.82) is 0 Å².